The van der Waals surface area contributed by atoms with Crippen molar-refractivity contribution in [2.75, 3.05) is 10.6 Å². The van der Waals surface area contributed by atoms with Crippen molar-refractivity contribution in [1.29, 1.82) is 0 Å². The van der Waals surface area contributed by atoms with Crippen LogP contribution in [0, 0.1) is 6.92 Å². The zero-order chi connectivity index (χ0) is 21.7. The smallest absolute Gasteiger partial charge is 0.380 e. The number of nitrogens with zero attached hydrogens (tertiary/aromatic N) is 1. The highest BCUT2D eigenvalue weighted by Gasteiger charge is 2.15. The minimum atomic E-state index is -1.19. The maximum atomic E-state index is 12.7. The van der Waals surface area contributed by atoms with Gasteiger partial charge in [0.2, 0.25) is 0 Å². The SMILES string of the molecule is Cc1cc(NC(=O)c2sccc2NCc2ccnc(C(=O)OC(N)=O)c2)ccc1Br. The fourth-order valence-corrected chi connectivity index (χ4v) is 3.58. The number of anilines is 2. The van der Waals surface area contributed by atoms with E-state index in [2.05, 4.69) is 36.3 Å². The van der Waals surface area contributed by atoms with Crippen LogP contribution in [0.1, 0.15) is 31.3 Å². The van der Waals surface area contributed by atoms with Crippen LogP contribution < -0.4 is 16.4 Å². The average molecular weight is 489 g/mol. The number of hydrogen-bond acceptors (Lipinski definition) is 7. The Balaban J connectivity index is 1.67. The van der Waals surface area contributed by atoms with E-state index in [0.29, 0.717) is 28.4 Å². The zero-order valence-electron chi connectivity index (χ0n) is 15.8. The van der Waals surface area contributed by atoms with Crippen LogP contribution in [0.4, 0.5) is 16.2 Å². The van der Waals surface area contributed by atoms with E-state index in [1.54, 1.807) is 12.1 Å². The number of primary amides is 1. The van der Waals surface area contributed by atoms with Crippen LogP contribution in [0.2, 0.25) is 0 Å². The van der Waals surface area contributed by atoms with E-state index in [0.717, 1.165) is 10.0 Å². The third-order valence-electron chi connectivity index (χ3n) is 4.00. The van der Waals surface area contributed by atoms with Crippen molar-refractivity contribution in [2.24, 2.45) is 5.73 Å². The molecule has 2 heterocycles. The maximum Gasteiger partial charge on any atom is 0.412 e. The van der Waals surface area contributed by atoms with Crippen molar-refractivity contribution in [3.05, 3.63) is 74.1 Å². The molecule has 1 aromatic carbocycles. The number of esters is 1. The number of halogens is 1. The molecule has 3 aromatic rings. The van der Waals surface area contributed by atoms with Crippen molar-refractivity contribution in [3.63, 3.8) is 0 Å². The van der Waals surface area contributed by atoms with E-state index in [1.807, 2.05) is 30.5 Å². The summed E-state index contributed by atoms with van der Waals surface area (Å²) in [6.07, 6.45) is 0.228. The molecule has 0 aliphatic heterocycles. The quantitative estimate of drug-likeness (QED) is 0.350. The standard InChI is InChI=1S/C20H17BrN4O4S/c1-11-8-13(2-3-14(11)21)25-18(26)17-15(5-7-30-17)24-10-12-4-6-23-16(9-12)19(27)29-20(22)28/h2-9,24H,10H2,1H3,(H2,22,28)(H,25,26). The molecule has 2 aromatic heterocycles. The Hall–Kier alpha value is -3.24. The van der Waals surface area contributed by atoms with E-state index in [4.69, 9.17) is 5.73 Å². The minimum absolute atomic E-state index is 0.0398. The Morgan fingerprint density at radius 2 is 2.00 bits per heavy atom. The van der Waals surface area contributed by atoms with Crippen LogP contribution in [0.3, 0.4) is 0 Å². The summed E-state index contributed by atoms with van der Waals surface area (Å²) < 4.78 is 5.30. The number of hydrogen-bond donors (Lipinski definition) is 3. The number of aryl methyl sites for hydroxylation is 1. The van der Waals surface area contributed by atoms with Crippen molar-refractivity contribution >= 4 is 56.6 Å². The first-order valence-corrected chi connectivity index (χ1v) is 10.4. The van der Waals surface area contributed by atoms with Gasteiger partial charge in [0.15, 0.2) is 0 Å². The molecule has 0 aliphatic carbocycles. The molecule has 0 saturated carbocycles. The van der Waals surface area contributed by atoms with Gasteiger partial charge in [-0.15, -0.1) is 11.3 Å². The summed E-state index contributed by atoms with van der Waals surface area (Å²) in [4.78, 5) is 39.5. The van der Waals surface area contributed by atoms with E-state index >= 15 is 0 Å². The maximum absolute atomic E-state index is 12.7. The summed E-state index contributed by atoms with van der Waals surface area (Å²) in [6, 6.07) is 10.6. The van der Waals surface area contributed by atoms with Gasteiger partial charge in [-0.2, -0.15) is 0 Å². The Morgan fingerprint density at radius 3 is 2.73 bits per heavy atom. The second-order valence-corrected chi connectivity index (χ2v) is 7.96. The molecule has 0 spiro atoms. The lowest BCUT2D eigenvalue weighted by molar-refractivity contribution is 0.0631. The average Bonchev–Trinajstić information content (AvgIpc) is 3.18. The van der Waals surface area contributed by atoms with Gasteiger partial charge >= 0.3 is 12.1 Å². The molecular formula is C20H17BrN4O4S. The lowest BCUT2D eigenvalue weighted by atomic mass is 10.2. The first-order chi connectivity index (χ1) is 14.3. The molecule has 0 aliphatic rings. The zero-order valence-corrected chi connectivity index (χ0v) is 18.2. The molecule has 10 heteroatoms. The number of carbonyl (C=O) groups is 3. The summed E-state index contributed by atoms with van der Waals surface area (Å²) in [5.41, 5.74) is 7.89. The van der Waals surface area contributed by atoms with Gasteiger partial charge < -0.3 is 21.1 Å². The molecule has 0 bridgehead atoms. The Kier molecular flexibility index (Phi) is 6.80. The van der Waals surface area contributed by atoms with Crippen molar-refractivity contribution in [1.82, 2.24) is 4.98 Å². The van der Waals surface area contributed by atoms with Crippen LogP contribution in [-0.2, 0) is 11.3 Å². The van der Waals surface area contributed by atoms with E-state index < -0.39 is 12.1 Å². The first-order valence-electron chi connectivity index (χ1n) is 8.69. The predicted octanol–water partition coefficient (Wildman–Crippen LogP) is 4.31. The van der Waals surface area contributed by atoms with Crippen LogP contribution in [-0.4, -0.2) is 23.0 Å². The molecule has 0 unspecified atom stereocenters. The molecular weight excluding hydrogens is 472 g/mol. The molecule has 3 rings (SSSR count). The highest BCUT2D eigenvalue weighted by molar-refractivity contribution is 9.10. The summed E-state index contributed by atoms with van der Waals surface area (Å²) in [5.74, 6) is -1.15. The Labute approximate surface area is 184 Å². The number of thiophene rings is 1. The lowest BCUT2D eigenvalue weighted by Gasteiger charge is -2.10. The number of nitrogens with one attached hydrogen (secondary N) is 2. The fourth-order valence-electron chi connectivity index (χ4n) is 2.57. The second kappa shape index (κ2) is 9.51. The molecule has 0 atom stereocenters. The highest BCUT2D eigenvalue weighted by Crippen LogP contribution is 2.26. The molecule has 4 N–H and O–H groups in total. The number of pyridine rings is 1. The molecule has 154 valence electrons. The number of ether oxygens (including phenoxy) is 1. The monoisotopic (exact) mass is 488 g/mol. The first kappa shape index (κ1) is 21.5. The van der Waals surface area contributed by atoms with Gasteiger partial charge in [0.05, 0.1) is 5.69 Å². The van der Waals surface area contributed by atoms with Gasteiger partial charge in [-0.1, -0.05) is 15.9 Å². The third kappa shape index (κ3) is 5.43. The van der Waals surface area contributed by atoms with Crippen LogP contribution in [0.25, 0.3) is 0 Å². The van der Waals surface area contributed by atoms with Crippen molar-refractivity contribution in [3.8, 4) is 0 Å². The number of aromatic nitrogens is 1. The van der Waals surface area contributed by atoms with Gasteiger partial charge in [-0.05, 0) is 59.8 Å². The second-order valence-electron chi connectivity index (χ2n) is 6.19. The van der Waals surface area contributed by atoms with Gasteiger partial charge in [0.25, 0.3) is 5.91 Å². The number of carbonyl (C=O) groups excluding carboxylic acids is 3. The highest BCUT2D eigenvalue weighted by atomic mass is 79.9. The number of benzene rings is 1. The summed E-state index contributed by atoms with van der Waals surface area (Å²) in [5, 5.41) is 7.87. The topological polar surface area (TPSA) is 123 Å². The van der Waals surface area contributed by atoms with Gasteiger partial charge in [-0.25, -0.2) is 14.6 Å². The van der Waals surface area contributed by atoms with E-state index in [1.165, 1.54) is 23.6 Å². The molecule has 0 fully saturated rings. The molecule has 0 saturated heterocycles. The van der Waals surface area contributed by atoms with Crippen molar-refractivity contribution in [2.45, 2.75) is 13.5 Å². The number of nitrogens with two attached hydrogens (primary N) is 1. The van der Waals surface area contributed by atoms with Crippen molar-refractivity contribution < 1.29 is 19.1 Å². The van der Waals surface area contributed by atoms with Gasteiger partial charge in [-0.3, -0.25) is 4.79 Å². The molecule has 30 heavy (non-hydrogen) atoms. The number of amides is 2. The third-order valence-corrected chi connectivity index (χ3v) is 5.80. The Morgan fingerprint density at radius 1 is 1.20 bits per heavy atom. The van der Waals surface area contributed by atoms with Crippen LogP contribution in [0.5, 0.6) is 0 Å². The summed E-state index contributed by atoms with van der Waals surface area (Å²) in [7, 11) is 0. The normalized spacial score (nSPS) is 10.3. The molecule has 2 amide bonds. The van der Waals surface area contributed by atoms with E-state index in [9.17, 15) is 14.4 Å². The van der Waals surface area contributed by atoms with Gasteiger partial charge in [0, 0.05) is 22.9 Å². The predicted molar refractivity (Wildman–Crippen MR) is 118 cm³/mol. The molecule has 8 nitrogen and oxygen atoms in total. The summed E-state index contributed by atoms with van der Waals surface area (Å²) in [6.45, 7) is 2.27. The minimum Gasteiger partial charge on any atom is -0.380 e. The van der Waals surface area contributed by atoms with Crippen LogP contribution >= 0.6 is 27.3 Å². The Bertz CT molecular complexity index is 1120. The lowest BCUT2D eigenvalue weighted by Crippen LogP contribution is -2.19. The fraction of sp³-hybridized carbons (Fsp3) is 0.100. The largest absolute Gasteiger partial charge is 0.412 e. The number of rotatable bonds is 6. The van der Waals surface area contributed by atoms with Gasteiger partial charge in [0.1, 0.15) is 10.6 Å². The van der Waals surface area contributed by atoms with Crippen LogP contribution in [0.15, 0.2) is 52.4 Å². The van der Waals surface area contributed by atoms with E-state index in [-0.39, 0.29) is 11.6 Å². The molecule has 0 radical (unpaired) electrons. The summed E-state index contributed by atoms with van der Waals surface area (Å²) >= 11 is 4.75.